The zero-order valence-electron chi connectivity index (χ0n) is 24.1. The van der Waals surface area contributed by atoms with E-state index in [2.05, 4.69) is 35.3 Å². The molecule has 2 unspecified atom stereocenters. The highest BCUT2D eigenvalue weighted by Crippen LogP contribution is 2.25. The van der Waals surface area contributed by atoms with E-state index in [-0.39, 0.29) is 35.4 Å². The van der Waals surface area contributed by atoms with Gasteiger partial charge in [-0.15, -0.1) is 18.2 Å². The Morgan fingerprint density at radius 3 is 2.52 bits per heavy atom. The summed E-state index contributed by atoms with van der Waals surface area (Å²) < 4.78 is 0. The van der Waals surface area contributed by atoms with Crippen LogP contribution in [-0.2, 0) is 14.4 Å². The number of likely N-dealkylation sites (N-methyl/N-ethyl adjacent to an activating group) is 1. The number of amides is 3. The molecule has 9 nitrogen and oxygen atoms in total. The lowest BCUT2D eigenvalue weighted by Crippen LogP contribution is -2.49. The number of hydrogen-bond acceptors (Lipinski definition) is 7. The van der Waals surface area contributed by atoms with Gasteiger partial charge in [-0.3, -0.25) is 19.3 Å². The first-order chi connectivity index (χ1) is 19.2. The van der Waals surface area contributed by atoms with E-state index in [0.29, 0.717) is 25.2 Å². The van der Waals surface area contributed by atoms with Gasteiger partial charge in [0.2, 0.25) is 11.8 Å². The van der Waals surface area contributed by atoms with Gasteiger partial charge in [-0.2, -0.15) is 5.26 Å². The van der Waals surface area contributed by atoms with E-state index in [1.54, 1.807) is 37.4 Å². The summed E-state index contributed by atoms with van der Waals surface area (Å²) in [4.78, 5) is 43.7. The first-order valence-electron chi connectivity index (χ1n) is 13.4. The number of terminal acetylenes is 1. The first kappa shape index (κ1) is 32.5. The summed E-state index contributed by atoms with van der Waals surface area (Å²) in [5.41, 5.74) is 1.39. The molecule has 1 aliphatic rings. The predicted octanol–water partition coefficient (Wildman–Crippen LogP) is 3.92. The zero-order valence-corrected chi connectivity index (χ0v) is 24.9. The van der Waals surface area contributed by atoms with Gasteiger partial charge in [0.25, 0.3) is 5.91 Å². The van der Waals surface area contributed by atoms with Crippen molar-refractivity contribution in [2.24, 2.45) is 0 Å². The molecule has 1 fully saturated rings. The average Bonchev–Trinajstić information content (AvgIpc) is 2.95. The fraction of sp³-hybridized carbons (Fsp3) is 0.467. The van der Waals surface area contributed by atoms with E-state index >= 15 is 0 Å². The maximum Gasteiger partial charge on any atom is 0.265 e. The van der Waals surface area contributed by atoms with Gasteiger partial charge in [0, 0.05) is 43.5 Å². The summed E-state index contributed by atoms with van der Waals surface area (Å²) >= 11 is 1.15. The van der Waals surface area contributed by atoms with Crippen LogP contribution in [0.3, 0.4) is 0 Å². The number of nitrogens with one attached hydrogen (secondary N) is 2. The number of nitriles is 1. The van der Waals surface area contributed by atoms with Crippen LogP contribution >= 0.6 is 11.8 Å². The molecule has 10 heteroatoms. The Morgan fingerprint density at radius 1 is 1.23 bits per heavy atom. The van der Waals surface area contributed by atoms with E-state index in [0.717, 1.165) is 36.0 Å². The van der Waals surface area contributed by atoms with Crippen molar-refractivity contribution in [3.63, 3.8) is 0 Å². The number of likely N-dealkylation sites (tertiary alicyclic amines) is 1. The maximum absolute atomic E-state index is 13.0. The lowest BCUT2D eigenvalue weighted by molar-refractivity contribution is -0.127. The van der Waals surface area contributed by atoms with E-state index in [4.69, 9.17) is 6.42 Å². The monoisotopic (exact) mass is 564 g/mol. The number of thioether (sulfide) groups is 1. The lowest BCUT2D eigenvalue weighted by Gasteiger charge is -2.39. The van der Waals surface area contributed by atoms with Crippen molar-refractivity contribution in [1.82, 2.24) is 15.1 Å². The Kier molecular flexibility index (Phi) is 13.3. The van der Waals surface area contributed by atoms with Crippen LogP contribution in [-0.4, -0.2) is 72.5 Å². The van der Waals surface area contributed by atoms with E-state index in [1.165, 1.54) is 11.3 Å². The fourth-order valence-corrected chi connectivity index (χ4v) is 5.41. The average molecular weight is 565 g/mol. The highest BCUT2D eigenvalue weighted by atomic mass is 32.2. The Bertz CT molecular complexity index is 1190. The molecule has 0 aliphatic carbocycles. The van der Waals surface area contributed by atoms with Crippen LogP contribution in [0.15, 0.2) is 47.1 Å². The first-order valence-corrected chi connectivity index (χ1v) is 14.6. The van der Waals surface area contributed by atoms with Crippen LogP contribution in [0.2, 0.25) is 0 Å². The van der Waals surface area contributed by atoms with Gasteiger partial charge in [-0.05, 0) is 64.3 Å². The summed E-state index contributed by atoms with van der Waals surface area (Å²) in [6, 6.07) is 10.2. The molecule has 214 valence electrons. The normalized spacial score (nSPS) is 17.8. The number of nitrogens with zero attached hydrogens (tertiary/aromatic N) is 4. The molecular formula is C30H40N6O3S. The van der Waals surface area contributed by atoms with Crippen molar-refractivity contribution < 1.29 is 14.4 Å². The summed E-state index contributed by atoms with van der Waals surface area (Å²) in [6.07, 6.45) is 13.7. The number of piperidine rings is 1. The van der Waals surface area contributed by atoms with E-state index in [1.807, 2.05) is 30.3 Å². The molecule has 1 saturated heterocycles. The Labute approximate surface area is 242 Å². The number of benzene rings is 1. The predicted molar refractivity (Wildman–Crippen MR) is 162 cm³/mol. The van der Waals surface area contributed by atoms with Gasteiger partial charge in [0.15, 0.2) is 0 Å². The Balaban J connectivity index is 2.03. The summed E-state index contributed by atoms with van der Waals surface area (Å²) in [5, 5.41) is 15.4. The minimum atomic E-state index is -0.614. The second-order valence-corrected chi connectivity index (χ2v) is 10.4. The second-order valence-electron chi connectivity index (χ2n) is 9.58. The van der Waals surface area contributed by atoms with Crippen molar-refractivity contribution in [2.45, 2.75) is 58.5 Å². The number of carbonyl (C=O) groups excluding carboxylic acids is 3. The highest BCUT2D eigenvalue weighted by molar-refractivity contribution is 8.02. The molecule has 2 rings (SSSR count). The number of hydrogen-bond donors (Lipinski definition) is 2. The summed E-state index contributed by atoms with van der Waals surface area (Å²) in [7, 11) is 1.79. The third-order valence-electron chi connectivity index (χ3n) is 6.92. The van der Waals surface area contributed by atoms with Crippen LogP contribution < -0.4 is 15.5 Å². The van der Waals surface area contributed by atoms with Gasteiger partial charge < -0.3 is 20.4 Å². The molecule has 0 saturated carbocycles. The van der Waals surface area contributed by atoms with Gasteiger partial charge in [-0.1, -0.05) is 24.5 Å². The molecule has 1 aromatic carbocycles. The zero-order chi connectivity index (χ0) is 29.7. The summed E-state index contributed by atoms with van der Waals surface area (Å²) in [5.74, 6) is 1.46. The van der Waals surface area contributed by atoms with Crippen LogP contribution in [0.25, 0.3) is 0 Å². The molecule has 0 radical (unpaired) electrons. The minimum absolute atomic E-state index is 0.0117. The van der Waals surface area contributed by atoms with Gasteiger partial charge in [-0.25, -0.2) is 0 Å². The molecule has 1 aromatic rings. The summed E-state index contributed by atoms with van der Waals surface area (Å²) in [6.45, 7) is 6.81. The van der Waals surface area contributed by atoms with Gasteiger partial charge >= 0.3 is 0 Å². The smallest absolute Gasteiger partial charge is 0.265 e. The largest absolute Gasteiger partial charge is 0.362 e. The van der Waals surface area contributed by atoms with Gasteiger partial charge in [0.05, 0.1) is 13.1 Å². The standard InChI is InChI=1S/C30H40N6O3S/c1-7-17-33-29(39)26(20-31)30(40-6)35(8-2)27(37)16-11-18-32-24-14-10-15-25(19-24)34(5)28(38)21-36-22(3)12-9-13-23(36)4/h1,10-11,14-15,18-19,22-23,32H,8-9,12-13,16-17,21H2,2-6H3,(H,33,39)/b18-11-,30-26-. The Morgan fingerprint density at radius 2 is 1.93 bits per heavy atom. The molecule has 3 amide bonds. The van der Waals surface area contributed by atoms with Crippen LogP contribution in [0.1, 0.15) is 46.5 Å². The highest BCUT2D eigenvalue weighted by Gasteiger charge is 2.28. The SMILES string of the molecule is C#CCNC(=O)/C(C#N)=C(\SC)N(CC)C(=O)C/C=C\Nc1cccc(N(C)C(=O)CN2C(C)CCCC2C)c1. The van der Waals surface area contributed by atoms with Crippen molar-refractivity contribution in [1.29, 1.82) is 5.26 Å². The fourth-order valence-electron chi connectivity index (χ4n) is 4.62. The molecule has 2 N–H and O–H groups in total. The van der Waals surface area contributed by atoms with E-state index < -0.39 is 5.91 Å². The third kappa shape index (κ3) is 8.90. The van der Waals surface area contributed by atoms with Crippen LogP contribution in [0.5, 0.6) is 0 Å². The molecule has 0 aromatic heterocycles. The molecule has 0 bridgehead atoms. The van der Waals surface area contributed by atoms with Gasteiger partial charge in [0.1, 0.15) is 16.7 Å². The molecule has 2 atom stereocenters. The Hall–Kier alpha value is -3.73. The number of anilines is 2. The quantitative estimate of drug-likeness (QED) is 0.225. The molecule has 0 spiro atoms. The van der Waals surface area contributed by atoms with E-state index in [9.17, 15) is 19.6 Å². The topological polar surface area (TPSA) is 109 Å². The third-order valence-corrected chi connectivity index (χ3v) is 7.73. The molecular weight excluding hydrogens is 524 g/mol. The molecule has 1 heterocycles. The number of rotatable bonds is 12. The maximum atomic E-state index is 13.0. The second kappa shape index (κ2) is 16.4. The molecule has 1 aliphatic heterocycles. The van der Waals surface area contributed by atoms with Crippen molar-refractivity contribution in [3.8, 4) is 18.4 Å². The van der Waals surface area contributed by atoms with Crippen LogP contribution in [0.4, 0.5) is 11.4 Å². The minimum Gasteiger partial charge on any atom is -0.362 e. The van der Waals surface area contributed by atoms with Crippen molar-refractivity contribution >= 4 is 40.9 Å². The number of carbonyl (C=O) groups is 3. The van der Waals surface area contributed by atoms with Crippen molar-refractivity contribution in [3.05, 3.63) is 47.1 Å². The lowest BCUT2D eigenvalue weighted by atomic mass is 9.97. The molecule has 40 heavy (non-hydrogen) atoms. The van der Waals surface area contributed by atoms with Crippen LogP contribution in [0, 0.1) is 23.7 Å². The van der Waals surface area contributed by atoms with Crippen molar-refractivity contribution in [2.75, 3.05) is 43.2 Å².